The maximum Gasteiger partial charge on any atom is 0.231 e. The summed E-state index contributed by atoms with van der Waals surface area (Å²) in [5.74, 6) is 1.13. The topological polar surface area (TPSA) is 22.0 Å². The zero-order chi connectivity index (χ0) is 15.1. The van der Waals surface area contributed by atoms with Crippen molar-refractivity contribution in [3.05, 3.63) is 54.1 Å². The third kappa shape index (κ3) is 1.92. The molecule has 0 radical (unpaired) electrons. The van der Waals surface area contributed by atoms with Crippen LogP contribution in [0.4, 0.5) is 0 Å². The van der Waals surface area contributed by atoms with Crippen LogP contribution in [0.15, 0.2) is 53.4 Å². The standard InChI is InChI=1S/C19H17NOS/c1-2-7-18(21)20-16-10-5-3-8-13(16)15-12-22-17-11-6-4-9-14(17)19(15)20/h3-6,8-11H,2,7,12H2,1H3. The summed E-state index contributed by atoms with van der Waals surface area (Å²) >= 11 is 1.86. The predicted molar refractivity (Wildman–Crippen MR) is 92.5 cm³/mol. The summed E-state index contributed by atoms with van der Waals surface area (Å²) in [6.45, 7) is 2.06. The minimum absolute atomic E-state index is 0.196. The molecule has 0 saturated carbocycles. The first-order chi connectivity index (χ1) is 10.8. The molecule has 0 amide bonds. The van der Waals surface area contributed by atoms with Gasteiger partial charge in [0, 0.05) is 28.0 Å². The van der Waals surface area contributed by atoms with Gasteiger partial charge in [0.25, 0.3) is 0 Å². The maximum atomic E-state index is 12.8. The van der Waals surface area contributed by atoms with Crippen LogP contribution in [0, 0.1) is 0 Å². The van der Waals surface area contributed by atoms with Crippen molar-refractivity contribution in [1.82, 2.24) is 4.57 Å². The Morgan fingerprint density at radius 1 is 1.14 bits per heavy atom. The van der Waals surface area contributed by atoms with Crippen LogP contribution in [0.5, 0.6) is 0 Å². The normalized spacial score (nSPS) is 13.0. The predicted octanol–water partition coefficient (Wildman–Crippen LogP) is 5.35. The minimum atomic E-state index is 0.196. The average Bonchev–Trinajstić information content (AvgIpc) is 2.90. The summed E-state index contributed by atoms with van der Waals surface area (Å²) in [4.78, 5) is 14.0. The van der Waals surface area contributed by atoms with Crippen molar-refractivity contribution in [2.45, 2.75) is 30.4 Å². The third-order valence-electron chi connectivity index (χ3n) is 4.21. The van der Waals surface area contributed by atoms with Gasteiger partial charge in [0.05, 0.1) is 11.2 Å². The first-order valence-electron chi connectivity index (χ1n) is 7.69. The van der Waals surface area contributed by atoms with Gasteiger partial charge in [-0.1, -0.05) is 43.3 Å². The monoisotopic (exact) mass is 307 g/mol. The molecule has 1 aliphatic heterocycles. The van der Waals surface area contributed by atoms with Crippen molar-refractivity contribution in [2.75, 3.05) is 0 Å². The Morgan fingerprint density at radius 3 is 2.77 bits per heavy atom. The van der Waals surface area contributed by atoms with E-state index in [0.717, 1.165) is 23.4 Å². The number of hydrogen-bond acceptors (Lipinski definition) is 2. The number of carbonyl (C=O) groups excluding carboxylic acids is 1. The summed E-state index contributed by atoms with van der Waals surface area (Å²) in [7, 11) is 0. The second-order valence-electron chi connectivity index (χ2n) is 5.61. The van der Waals surface area contributed by atoms with E-state index in [-0.39, 0.29) is 5.91 Å². The van der Waals surface area contributed by atoms with E-state index in [9.17, 15) is 4.79 Å². The highest BCUT2D eigenvalue weighted by atomic mass is 32.2. The van der Waals surface area contributed by atoms with E-state index in [4.69, 9.17) is 0 Å². The molecule has 2 heterocycles. The van der Waals surface area contributed by atoms with Gasteiger partial charge < -0.3 is 0 Å². The number of thioether (sulfide) groups is 1. The summed E-state index contributed by atoms with van der Waals surface area (Å²) in [6, 6.07) is 16.7. The molecule has 0 fully saturated rings. The van der Waals surface area contributed by atoms with E-state index >= 15 is 0 Å². The number of carbonyl (C=O) groups is 1. The zero-order valence-electron chi connectivity index (χ0n) is 12.5. The molecule has 3 aromatic rings. The molecule has 4 rings (SSSR count). The number of hydrogen-bond donors (Lipinski definition) is 0. The van der Waals surface area contributed by atoms with E-state index in [1.54, 1.807) is 0 Å². The molecule has 0 N–H and O–H groups in total. The molecule has 3 heteroatoms. The van der Waals surface area contributed by atoms with Crippen LogP contribution in [-0.2, 0) is 5.75 Å². The van der Waals surface area contributed by atoms with E-state index in [1.165, 1.54) is 21.4 Å². The van der Waals surface area contributed by atoms with Gasteiger partial charge in [-0.25, -0.2) is 0 Å². The van der Waals surface area contributed by atoms with Crippen LogP contribution in [0.1, 0.15) is 30.1 Å². The number of benzene rings is 2. The first kappa shape index (κ1) is 13.6. The largest absolute Gasteiger partial charge is 0.279 e. The molecule has 110 valence electrons. The minimum Gasteiger partial charge on any atom is -0.279 e. The van der Waals surface area contributed by atoms with Crippen LogP contribution in [0.3, 0.4) is 0 Å². The smallest absolute Gasteiger partial charge is 0.231 e. The molecule has 22 heavy (non-hydrogen) atoms. The molecule has 1 aromatic heterocycles. The lowest BCUT2D eigenvalue weighted by molar-refractivity contribution is 0.0909. The highest BCUT2D eigenvalue weighted by molar-refractivity contribution is 7.98. The Bertz CT molecular complexity index is 878. The first-order valence-corrected chi connectivity index (χ1v) is 8.67. The maximum absolute atomic E-state index is 12.8. The van der Waals surface area contributed by atoms with Gasteiger partial charge in [0.15, 0.2) is 0 Å². The van der Waals surface area contributed by atoms with E-state index in [0.29, 0.717) is 6.42 Å². The third-order valence-corrected chi connectivity index (χ3v) is 5.31. The summed E-state index contributed by atoms with van der Waals surface area (Å²) < 4.78 is 1.95. The summed E-state index contributed by atoms with van der Waals surface area (Å²) in [5, 5.41) is 1.21. The summed E-state index contributed by atoms with van der Waals surface area (Å²) in [5.41, 5.74) is 4.63. The van der Waals surface area contributed by atoms with Crippen molar-refractivity contribution in [3.63, 3.8) is 0 Å². The van der Waals surface area contributed by atoms with Gasteiger partial charge in [-0.2, -0.15) is 0 Å². The molecular weight excluding hydrogens is 290 g/mol. The van der Waals surface area contributed by atoms with E-state index in [2.05, 4.69) is 49.4 Å². The number of aromatic nitrogens is 1. The highest BCUT2D eigenvalue weighted by Gasteiger charge is 2.26. The number of rotatable bonds is 2. The van der Waals surface area contributed by atoms with Crippen molar-refractivity contribution < 1.29 is 4.79 Å². The van der Waals surface area contributed by atoms with Gasteiger partial charge in [-0.3, -0.25) is 9.36 Å². The fourth-order valence-electron chi connectivity index (χ4n) is 3.26. The molecule has 0 aliphatic carbocycles. The molecule has 0 spiro atoms. The molecular formula is C19H17NOS. The molecule has 0 atom stereocenters. The van der Waals surface area contributed by atoms with Crippen LogP contribution in [-0.4, -0.2) is 10.5 Å². The van der Waals surface area contributed by atoms with Crippen molar-refractivity contribution in [2.24, 2.45) is 0 Å². The Balaban J connectivity index is 2.09. The quantitative estimate of drug-likeness (QED) is 0.636. The molecule has 2 nitrogen and oxygen atoms in total. The second-order valence-corrected chi connectivity index (χ2v) is 6.63. The van der Waals surface area contributed by atoms with Gasteiger partial charge in [-0.15, -0.1) is 11.8 Å². The van der Waals surface area contributed by atoms with Gasteiger partial charge in [-0.05, 0) is 24.1 Å². The molecule has 0 saturated heterocycles. The van der Waals surface area contributed by atoms with Gasteiger partial charge in [0.1, 0.15) is 0 Å². The lowest BCUT2D eigenvalue weighted by Gasteiger charge is -2.18. The van der Waals surface area contributed by atoms with Crippen molar-refractivity contribution in [1.29, 1.82) is 0 Å². The Hall–Kier alpha value is -2.00. The van der Waals surface area contributed by atoms with Crippen LogP contribution < -0.4 is 0 Å². The summed E-state index contributed by atoms with van der Waals surface area (Å²) in [6.07, 6.45) is 1.46. The van der Waals surface area contributed by atoms with Gasteiger partial charge >= 0.3 is 0 Å². The van der Waals surface area contributed by atoms with Crippen LogP contribution in [0.2, 0.25) is 0 Å². The van der Waals surface area contributed by atoms with Crippen LogP contribution >= 0.6 is 11.8 Å². The molecule has 1 aliphatic rings. The number of fused-ring (bicyclic) bond motifs is 5. The van der Waals surface area contributed by atoms with Crippen LogP contribution in [0.25, 0.3) is 22.2 Å². The van der Waals surface area contributed by atoms with Crippen molar-refractivity contribution >= 4 is 28.6 Å². The Kier molecular flexibility index (Phi) is 3.30. The van der Waals surface area contributed by atoms with E-state index in [1.807, 2.05) is 22.4 Å². The molecule has 2 aromatic carbocycles. The lowest BCUT2D eigenvalue weighted by Crippen LogP contribution is -2.12. The highest BCUT2D eigenvalue weighted by Crippen LogP contribution is 2.45. The fourth-order valence-corrected chi connectivity index (χ4v) is 4.35. The number of para-hydroxylation sites is 1. The fraction of sp³-hybridized carbons (Fsp3) is 0.211. The Morgan fingerprint density at radius 2 is 1.91 bits per heavy atom. The molecule has 0 bridgehead atoms. The van der Waals surface area contributed by atoms with Crippen molar-refractivity contribution in [3.8, 4) is 11.3 Å². The lowest BCUT2D eigenvalue weighted by atomic mass is 10.1. The molecule has 0 unspecified atom stereocenters. The SMILES string of the molecule is CCCC(=O)n1c2c(c3ccccc31)CSc1ccccc1-2. The number of nitrogens with zero attached hydrogens (tertiary/aromatic N) is 1. The second kappa shape index (κ2) is 5.33. The van der Waals surface area contributed by atoms with E-state index < -0.39 is 0 Å². The van der Waals surface area contributed by atoms with Gasteiger partial charge in [0.2, 0.25) is 5.91 Å². The zero-order valence-corrected chi connectivity index (χ0v) is 13.3. The Labute approximate surface area is 134 Å². The average molecular weight is 307 g/mol.